The number of hydrogen-bond donors (Lipinski definition) is 1. The number of ether oxygens (including phenoxy) is 1. The molecule has 2 N–H and O–H groups in total. The molecular weight excluding hydrogens is 250 g/mol. The maximum atomic E-state index is 5.92. The highest BCUT2D eigenvalue weighted by Crippen LogP contribution is 2.29. The molecule has 0 bridgehead atoms. The van der Waals surface area contributed by atoms with Gasteiger partial charge in [0.1, 0.15) is 5.82 Å². The highest BCUT2D eigenvalue weighted by molar-refractivity contribution is 5.54. The Morgan fingerprint density at radius 3 is 2.40 bits per heavy atom. The van der Waals surface area contributed by atoms with E-state index < -0.39 is 0 Å². The summed E-state index contributed by atoms with van der Waals surface area (Å²) in [6.45, 7) is 10.7. The molecule has 0 aliphatic carbocycles. The standard InChI is InChI=1S/C16H27N3O/c1-11(2)13-7-9-19(10-8-13)15-6-5-14(17)16(18-15)20-12(3)4/h5-6,11-13H,7-10,17H2,1-4H3. The molecule has 112 valence electrons. The summed E-state index contributed by atoms with van der Waals surface area (Å²) in [6, 6.07) is 3.90. The first kappa shape index (κ1) is 14.9. The first-order valence-electron chi connectivity index (χ1n) is 7.65. The molecule has 0 saturated carbocycles. The van der Waals surface area contributed by atoms with Crippen molar-refractivity contribution >= 4 is 11.5 Å². The van der Waals surface area contributed by atoms with Crippen LogP contribution in [-0.4, -0.2) is 24.2 Å². The average Bonchev–Trinajstić information content (AvgIpc) is 2.41. The summed E-state index contributed by atoms with van der Waals surface area (Å²) in [5.74, 6) is 3.16. The van der Waals surface area contributed by atoms with Gasteiger partial charge in [0, 0.05) is 13.1 Å². The number of anilines is 2. The molecule has 1 aromatic rings. The van der Waals surface area contributed by atoms with Crippen LogP contribution in [0, 0.1) is 11.8 Å². The van der Waals surface area contributed by atoms with E-state index in [0.717, 1.165) is 30.7 Å². The molecule has 1 saturated heterocycles. The maximum Gasteiger partial charge on any atom is 0.239 e. The van der Waals surface area contributed by atoms with Crippen molar-refractivity contribution in [2.24, 2.45) is 11.8 Å². The van der Waals surface area contributed by atoms with E-state index in [9.17, 15) is 0 Å². The van der Waals surface area contributed by atoms with Crippen LogP contribution in [0.2, 0.25) is 0 Å². The van der Waals surface area contributed by atoms with Crippen molar-refractivity contribution in [3.05, 3.63) is 12.1 Å². The topological polar surface area (TPSA) is 51.4 Å². The van der Waals surface area contributed by atoms with Gasteiger partial charge in [-0.3, -0.25) is 0 Å². The third-order valence-corrected chi connectivity index (χ3v) is 4.03. The zero-order chi connectivity index (χ0) is 14.7. The van der Waals surface area contributed by atoms with Crippen molar-refractivity contribution in [2.45, 2.75) is 46.6 Å². The van der Waals surface area contributed by atoms with Crippen LogP contribution in [0.5, 0.6) is 5.88 Å². The SMILES string of the molecule is CC(C)Oc1nc(N2CCC(C(C)C)CC2)ccc1N. The summed E-state index contributed by atoms with van der Waals surface area (Å²) in [5, 5.41) is 0. The van der Waals surface area contributed by atoms with Crippen molar-refractivity contribution in [1.29, 1.82) is 0 Å². The number of nitrogen functional groups attached to an aromatic ring is 1. The number of piperidine rings is 1. The largest absolute Gasteiger partial charge is 0.473 e. The van der Waals surface area contributed by atoms with Gasteiger partial charge in [0.15, 0.2) is 0 Å². The second-order valence-electron chi connectivity index (χ2n) is 6.30. The Balaban J connectivity index is 2.06. The molecule has 2 rings (SSSR count). The minimum absolute atomic E-state index is 0.0896. The van der Waals surface area contributed by atoms with Gasteiger partial charge in [0.25, 0.3) is 0 Å². The lowest BCUT2D eigenvalue weighted by molar-refractivity contribution is 0.234. The lowest BCUT2D eigenvalue weighted by Crippen LogP contribution is -2.35. The zero-order valence-corrected chi connectivity index (χ0v) is 13.1. The van der Waals surface area contributed by atoms with Gasteiger partial charge in [-0.1, -0.05) is 13.8 Å². The monoisotopic (exact) mass is 277 g/mol. The molecule has 0 atom stereocenters. The van der Waals surface area contributed by atoms with Crippen LogP contribution in [0.15, 0.2) is 12.1 Å². The summed E-state index contributed by atoms with van der Waals surface area (Å²) in [6.07, 6.45) is 2.57. The van der Waals surface area contributed by atoms with Crippen molar-refractivity contribution in [1.82, 2.24) is 4.98 Å². The lowest BCUT2D eigenvalue weighted by atomic mass is 9.87. The molecule has 4 nitrogen and oxygen atoms in total. The summed E-state index contributed by atoms with van der Waals surface area (Å²) < 4.78 is 5.67. The molecule has 0 amide bonds. The van der Waals surface area contributed by atoms with Gasteiger partial charge in [-0.2, -0.15) is 4.98 Å². The number of hydrogen-bond acceptors (Lipinski definition) is 4. The fraction of sp³-hybridized carbons (Fsp3) is 0.688. The minimum atomic E-state index is 0.0896. The van der Waals surface area contributed by atoms with E-state index in [-0.39, 0.29) is 6.10 Å². The van der Waals surface area contributed by atoms with Crippen molar-refractivity contribution < 1.29 is 4.74 Å². The lowest BCUT2D eigenvalue weighted by Gasteiger charge is -2.34. The molecule has 0 unspecified atom stereocenters. The summed E-state index contributed by atoms with van der Waals surface area (Å²) in [5.41, 5.74) is 6.53. The molecule has 0 radical (unpaired) electrons. The van der Waals surface area contributed by atoms with Crippen LogP contribution >= 0.6 is 0 Å². The van der Waals surface area contributed by atoms with E-state index in [1.807, 2.05) is 26.0 Å². The summed E-state index contributed by atoms with van der Waals surface area (Å²) >= 11 is 0. The quantitative estimate of drug-likeness (QED) is 0.917. The fourth-order valence-corrected chi connectivity index (χ4v) is 2.73. The predicted molar refractivity (Wildman–Crippen MR) is 84.2 cm³/mol. The van der Waals surface area contributed by atoms with Crippen molar-refractivity contribution in [3.8, 4) is 5.88 Å². The molecule has 1 aliphatic heterocycles. The number of rotatable bonds is 4. The van der Waals surface area contributed by atoms with Gasteiger partial charge in [-0.15, -0.1) is 0 Å². The smallest absolute Gasteiger partial charge is 0.239 e. The molecule has 0 aromatic carbocycles. The van der Waals surface area contributed by atoms with Crippen LogP contribution < -0.4 is 15.4 Å². The van der Waals surface area contributed by atoms with E-state index in [0.29, 0.717) is 11.6 Å². The molecule has 2 heterocycles. The van der Waals surface area contributed by atoms with Gasteiger partial charge >= 0.3 is 0 Å². The zero-order valence-electron chi connectivity index (χ0n) is 13.1. The van der Waals surface area contributed by atoms with Crippen LogP contribution in [0.4, 0.5) is 11.5 Å². The number of pyridine rings is 1. The summed E-state index contributed by atoms with van der Waals surface area (Å²) in [4.78, 5) is 6.92. The van der Waals surface area contributed by atoms with Crippen LogP contribution in [0.3, 0.4) is 0 Å². The Morgan fingerprint density at radius 2 is 1.85 bits per heavy atom. The molecule has 1 aliphatic rings. The van der Waals surface area contributed by atoms with Crippen LogP contribution in [0.1, 0.15) is 40.5 Å². The van der Waals surface area contributed by atoms with Crippen molar-refractivity contribution in [3.63, 3.8) is 0 Å². The number of aromatic nitrogens is 1. The summed E-state index contributed by atoms with van der Waals surface area (Å²) in [7, 11) is 0. The van der Waals surface area contributed by atoms with Gasteiger partial charge in [-0.25, -0.2) is 0 Å². The van der Waals surface area contributed by atoms with E-state index in [2.05, 4.69) is 23.7 Å². The fourth-order valence-electron chi connectivity index (χ4n) is 2.73. The maximum absolute atomic E-state index is 5.92. The second-order valence-corrected chi connectivity index (χ2v) is 6.30. The Labute approximate surface area is 122 Å². The van der Waals surface area contributed by atoms with E-state index in [1.54, 1.807) is 0 Å². The second kappa shape index (κ2) is 6.33. The van der Waals surface area contributed by atoms with Crippen LogP contribution in [0.25, 0.3) is 0 Å². The Kier molecular flexibility index (Phi) is 4.73. The predicted octanol–water partition coefficient (Wildman–Crippen LogP) is 3.32. The average molecular weight is 277 g/mol. The highest BCUT2D eigenvalue weighted by Gasteiger charge is 2.22. The van der Waals surface area contributed by atoms with Gasteiger partial charge in [0.2, 0.25) is 5.88 Å². The van der Waals surface area contributed by atoms with Crippen molar-refractivity contribution in [2.75, 3.05) is 23.7 Å². The number of nitrogens with two attached hydrogens (primary N) is 1. The Hall–Kier alpha value is -1.45. The van der Waals surface area contributed by atoms with E-state index in [4.69, 9.17) is 10.5 Å². The molecule has 0 spiro atoms. The molecule has 20 heavy (non-hydrogen) atoms. The molecule has 1 fully saturated rings. The third kappa shape index (κ3) is 3.56. The van der Waals surface area contributed by atoms with Gasteiger partial charge < -0.3 is 15.4 Å². The first-order valence-corrected chi connectivity index (χ1v) is 7.65. The third-order valence-electron chi connectivity index (χ3n) is 4.03. The molecule has 1 aromatic heterocycles. The van der Waals surface area contributed by atoms with Gasteiger partial charge in [-0.05, 0) is 50.7 Å². The molecule has 4 heteroatoms. The normalized spacial score (nSPS) is 17.0. The Morgan fingerprint density at radius 1 is 1.20 bits per heavy atom. The first-order chi connectivity index (χ1) is 9.47. The van der Waals surface area contributed by atoms with Crippen LogP contribution in [-0.2, 0) is 0 Å². The van der Waals surface area contributed by atoms with E-state index in [1.165, 1.54) is 12.8 Å². The van der Waals surface area contributed by atoms with E-state index >= 15 is 0 Å². The minimum Gasteiger partial charge on any atom is -0.473 e. The molecular formula is C16H27N3O. The van der Waals surface area contributed by atoms with Gasteiger partial charge in [0.05, 0.1) is 11.8 Å². The number of nitrogens with zero attached hydrogens (tertiary/aromatic N) is 2. The Bertz CT molecular complexity index is 437. The highest BCUT2D eigenvalue weighted by atomic mass is 16.5.